The number of hydrogen-bond acceptors (Lipinski definition) is 9. The molecule has 0 radical (unpaired) electrons. The molecule has 310 valence electrons. The van der Waals surface area contributed by atoms with Crippen LogP contribution in [0.15, 0.2) is 94.7 Å². The smallest absolute Gasteiger partial charge is 0.224 e. The molecule has 0 aliphatic heterocycles. The van der Waals surface area contributed by atoms with Crippen LogP contribution >= 0.6 is 0 Å². The number of ether oxygens (including phenoxy) is 2. The van der Waals surface area contributed by atoms with E-state index in [1.807, 2.05) is 60.7 Å². The van der Waals surface area contributed by atoms with Crippen molar-refractivity contribution in [3.05, 3.63) is 139 Å². The molecule has 2 heterocycles. The zero-order valence-corrected chi connectivity index (χ0v) is 34.0. The maximum Gasteiger partial charge on any atom is 0.224 e. The third-order valence-corrected chi connectivity index (χ3v) is 10.2. The molecule has 0 saturated heterocycles. The van der Waals surface area contributed by atoms with E-state index >= 15 is 0 Å². The summed E-state index contributed by atoms with van der Waals surface area (Å²) in [6.45, 7) is 7.93. The molecule has 4 aromatic rings. The Hall–Kier alpha value is -6.15. The van der Waals surface area contributed by atoms with Gasteiger partial charge in [-0.25, -0.2) is 0 Å². The number of aromatic nitrogens is 2. The van der Waals surface area contributed by atoms with Gasteiger partial charge in [0.15, 0.2) is 11.5 Å². The molecule has 0 fully saturated rings. The summed E-state index contributed by atoms with van der Waals surface area (Å²) in [7, 11) is 3.59. The molecule has 0 aliphatic carbocycles. The molecule has 0 aliphatic rings. The Labute approximate surface area is 339 Å². The van der Waals surface area contributed by atoms with Gasteiger partial charge >= 0.3 is 0 Å². The number of allylic oxidation sites excluding steroid dienone is 1. The number of benzene rings is 2. The predicted octanol–water partition coefficient (Wildman–Crippen LogP) is 3.81. The Bertz CT molecular complexity index is 2030. The van der Waals surface area contributed by atoms with Crippen molar-refractivity contribution in [2.24, 2.45) is 25.6 Å². The summed E-state index contributed by atoms with van der Waals surface area (Å²) in [6.07, 6.45) is 0.988. The van der Waals surface area contributed by atoms with Gasteiger partial charge in [0.05, 0.1) is 24.5 Å². The second kappa shape index (κ2) is 21.4. The van der Waals surface area contributed by atoms with Crippen molar-refractivity contribution in [1.29, 1.82) is 0 Å². The molecule has 14 nitrogen and oxygen atoms in total. The quantitative estimate of drug-likeness (QED) is 0.0785. The SMILES string of the molecule is C=C(N)CCC(CCC(=O)NCc1c(OCc2ccccc2)c(=O)cc(C)n1C)(CCC(=O)NCc1c(OCc2ccccc2)c(=O)cc(C)n1C)NC(=O)CCN. The molecule has 7 N–H and O–H groups in total. The fraction of sp³-hybridized carbons (Fsp3) is 0.386. The number of nitrogens with one attached hydrogen (secondary N) is 3. The fourth-order valence-electron chi connectivity index (χ4n) is 6.58. The fourth-order valence-corrected chi connectivity index (χ4v) is 6.58. The molecular formula is C44H57N7O7. The standard InChI is InChI=1S/C44H57N7O7/c1-30(46)16-20-44(49-41(56)19-23-45,21-17-39(54)47-26-35-42(37(52)24-31(2)50(35)4)57-28-33-12-8-6-9-13-33)22-18-40(55)48-27-36-43(38(53)25-32(3)51(36)5)58-29-34-14-10-7-11-15-34/h6-15,24-25H,1,16-23,26-29,45-46H2,2-5H3,(H,47,54)(H,48,55)(H,49,56). The van der Waals surface area contributed by atoms with Crippen LogP contribution in [0.3, 0.4) is 0 Å². The number of nitrogens with zero attached hydrogens (tertiary/aromatic N) is 2. The monoisotopic (exact) mass is 795 g/mol. The number of nitrogens with two attached hydrogens (primary N) is 2. The third kappa shape index (κ3) is 12.9. The maximum atomic E-state index is 13.5. The number of aryl methyl sites for hydroxylation is 2. The predicted molar refractivity (Wildman–Crippen MR) is 224 cm³/mol. The summed E-state index contributed by atoms with van der Waals surface area (Å²) in [5.41, 5.74) is 14.7. The van der Waals surface area contributed by atoms with E-state index in [2.05, 4.69) is 22.5 Å². The van der Waals surface area contributed by atoms with Gasteiger partial charge in [-0.15, -0.1) is 0 Å². The van der Waals surface area contributed by atoms with Crippen molar-refractivity contribution >= 4 is 17.7 Å². The summed E-state index contributed by atoms with van der Waals surface area (Å²) in [6, 6.07) is 21.9. The minimum atomic E-state index is -1.02. The topological polar surface area (TPSA) is 202 Å². The van der Waals surface area contributed by atoms with E-state index in [1.165, 1.54) is 12.1 Å². The van der Waals surface area contributed by atoms with E-state index in [4.69, 9.17) is 20.9 Å². The molecule has 0 spiro atoms. The first-order valence-corrected chi connectivity index (χ1v) is 19.4. The lowest BCUT2D eigenvalue weighted by Gasteiger charge is -2.35. The van der Waals surface area contributed by atoms with Crippen LogP contribution in [0.5, 0.6) is 11.5 Å². The average Bonchev–Trinajstić information content (AvgIpc) is 3.20. The highest BCUT2D eigenvalue weighted by Crippen LogP contribution is 2.28. The molecule has 0 bridgehead atoms. The molecule has 0 saturated carbocycles. The van der Waals surface area contributed by atoms with Gasteiger partial charge in [-0.05, 0) is 50.7 Å². The van der Waals surface area contributed by atoms with Gasteiger partial charge < -0.3 is 46.0 Å². The van der Waals surface area contributed by atoms with Crippen LogP contribution in [-0.2, 0) is 54.8 Å². The van der Waals surface area contributed by atoms with Gasteiger partial charge in [-0.3, -0.25) is 24.0 Å². The van der Waals surface area contributed by atoms with E-state index in [1.54, 1.807) is 37.1 Å². The van der Waals surface area contributed by atoms with Crippen LogP contribution in [0.1, 0.15) is 78.8 Å². The van der Waals surface area contributed by atoms with E-state index < -0.39 is 5.54 Å². The van der Waals surface area contributed by atoms with Crippen LogP contribution in [0.4, 0.5) is 0 Å². The summed E-state index contributed by atoms with van der Waals surface area (Å²) in [4.78, 5) is 66.2. The second-order valence-corrected chi connectivity index (χ2v) is 14.6. The molecule has 0 atom stereocenters. The largest absolute Gasteiger partial charge is 0.483 e. The van der Waals surface area contributed by atoms with Crippen LogP contribution in [0.2, 0.25) is 0 Å². The highest BCUT2D eigenvalue weighted by molar-refractivity contribution is 5.79. The number of hydrogen-bond donors (Lipinski definition) is 5. The van der Waals surface area contributed by atoms with E-state index in [-0.39, 0.29) is 105 Å². The van der Waals surface area contributed by atoms with Crippen LogP contribution in [-0.4, -0.2) is 38.9 Å². The minimum Gasteiger partial charge on any atom is -0.483 e. The lowest BCUT2D eigenvalue weighted by atomic mass is 9.82. The van der Waals surface area contributed by atoms with Gasteiger partial charge in [-0.1, -0.05) is 67.2 Å². The molecule has 58 heavy (non-hydrogen) atoms. The van der Waals surface area contributed by atoms with Crippen LogP contribution < -0.4 is 47.7 Å². The molecule has 14 heteroatoms. The van der Waals surface area contributed by atoms with Crippen LogP contribution in [0.25, 0.3) is 0 Å². The first-order chi connectivity index (χ1) is 27.7. The highest BCUT2D eigenvalue weighted by Gasteiger charge is 2.33. The van der Waals surface area contributed by atoms with Crippen molar-refractivity contribution in [3.63, 3.8) is 0 Å². The molecule has 4 rings (SSSR count). The van der Waals surface area contributed by atoms with Gasteiger partial charge in [0.2, 0.25) is 28.6 Å². The summed E-state index contributed by atoms with van der Waals surface area (Å²) in [5, 5.41) is 8.91. The summed E-state index contributed by atoms with van der Waals surface area (Å²) >= 11 is 0. The van der Waals surface area contributed by atoms with Crippen molar-refractivity contribution < 1.29 is 23.9 Å². The third-order valence-electron chi connectivity index (χ3n) is 10.2. The summed E-state index contributed by atoms with van der Waals surface area (Å²) < 4.78 is 15.6. The zero-order chi connectivity index (χ0) is 42.2. The van der Waals surface area contributed by atoms with Crippen LogP contribution in [0, 0.1) is 13.8 Å². The van der Waals surface area contributed by atoms with Crippen molar-refractivity contribution in [2.75, 3.05) is 6.54 Å². The first-order valence-electron chi connectivity index (χ1n) is 19.4. The molecular weight excluding hydrogens is 739 g/mol. The lowest BCUT2D eigenvalue weighted by molar-refractivity contribution is -0.126. The molecule has 3 amide bonds. The highest BCUT2D eigenvalue weighted by atomic mass is 16.5. The van der Waals surface area contributed by atoms with E-state index in [0.717, 1.165) is 11.1 Å². The molecule has 2 aromatic carbocycles. The van der Waals surface area contributed by atoms with Crippen molar-refractivity contribution in [3.8, 4) is 11.5 Å². The number of amides is 3. The van der Waals surface area contributed by atoms with Crippen molar-refractivity contribution in [2.45, 2.75) is 90.6 Å². The van der Waals surface area contributed by atoms with E-state index in [0.29, 0.717) is 41.3 Å². The Morgan fingerprint density at radius 3 is 1.48 bits per heavy atom. The first kappa shape index (κ1) is 44.6. The van der Waals surface area contributed by atoms with Gasteiger partial charge in [-0.2, -0.15) is 0 Å². The average molecular weight is 796 g/mol. The second-order valence-electron chi connectivity index (χ2n) is 14.6. The number of carbonyl (C=O) groups is 3. The molecule has 0 unspecified atom stereocenters. The summed E-state index contributed by atoms with van der Waals surface area (Å²) in [5.74, 6) is -0.696. The lowest BCUT2D eigenvalue weighted by Crippen LogP contribution is -2.50. The van der Waals surface area contributed by atoms with Gasteiger partial charge in [0.25, 0.3) is 0 Å². The van der Waals surface area contributed by atoms with E-state index in [9.17, 15) is 24.0 Å². The normalized spacial score (nSPS) is 11.1. The zero-order valence-electron chi connectivity index (χ0n) is 34.0. The number of carbonyl (C=O) groups excluding carboxylic acids is 3. The number of rotatable bonds is 22. The maximum absolute atomic E-state index is 13.5. The Morgan fingerprint density at radius 1 is 0.672 bits per heavy atom. The van der Waals surface area contributed by atoms with Gasteiger partial charge in [0, 0.05) is 74.7 Å². The number of pyridine rings is 2. The molecule has 2 aromatic heterocycles. The Morgan fingerprint density at radius 2 is 1.09 bits per heavy atom. The Balaban J connectivity index is 1.48. The van der Waals surface area contributed by atoms with Crippen molar-refractivity contribution in [1.82, 2.24) is 25.1 Å². The Kier molecular flexibility index (Phi) is 16.4. The van der Waals surface area contributed by atoms with Gasteiger partial charge in [0.1, 0.15) is 13.2 Å². The minimum absolute atomic E-state index is 0.0173.